The minimum absolute atomic E-state index is 0.0500. The highest BCUT2D eigenvalue weighted by Gasteiger charge is 2.27. The highest BCUT2D eigenvalue weighted by atomic mass is 16.2. The van der Waals surface area contributed by atoms with E-state index in [0.29, 0.717) is 6.42 Å². The molecule has 0 fully saturated rings. The van der Waals surface area contributed by atoms with Gasteiger partial charge in [-0.2, -0.15) is 0 Å². The lowest BCUT2D eigenvalue weighted by Crippen LogP contribution is -2.33. The summed E-state index contributed by atoms with van der Waals surface area (Å²) >= 11 is 0. The van der Waals surface area contributed by atoms with Crippen molar-refractivity contribution in [1.82, 2.24) is 0 Å². The van der Waals surface area contributed by atoms with Crippen molar-refractivity contribution in [2.24, 2.45) is 5.92 Å². The number of hydrogen-bond donors (Lipinski definition) is 0. The molecule has 126 valence electrons. The second-order valence-electron chi connectivity index (χ2n) is 7.20. The summed E-state index contributed by atoms with van der Waals surface area (Å²) in [4.78, 5) is 15.0. The molecule has 2 aromatic carbocycles. The van der Waals surface area contributed by atoms with Gasteiger partial charge < -0.3 is 0 Å². The maximum Gasteiger partial charge on any atom is 0.234 e. The predicted molar refractivity (Wildman–Crippen MR) is 103 cm³/mol. The number of hydrogen-bond acceptors (Lipinski definition) is 1. The lowest BCUT2D eigenvalue weighted by Gasteiger charge is -2.31. The van der Waals surface area contributed by atoms with E-state index in [2.05, 4.69) is 33.4 Å². The third-order valence-corrected chi connectivity index (χ3v) is 4.13. The van der Waals surface area contributed by atoms with E-state index >= 15 is 0 Å². The Morgan fingerprint density at radius 2 is 1.67 bits per heavy atom. The van der Waals surface area contributed by atoms with Crippen molar-refractivity contribution < 1.29 is 4.79 Å². The van der Waals surface area contributed by atoms with Gasteiger partial charge >= 0.3 is 0 Å². The summed E-state index contributed by atoms with van der Waals surface area (Å²) in [5, 5.41) is 0. The zero-order valence-corrected chi connectivity index (χ0v) is 15.1. The number of allylic oxidation sites excluding steroid dienone is 1. The lowest BCUT2D eigenvalue weighted by molar-refractivity contribution is -0.121. The molecule has 0 aromatic heterocycles. The average Bonchev–Trinajstić information content (AvgIpc) is 2.56. The summed E-state index contributed by atoms with van der Waals surface area (Å²) in [6.45, 7) is 12.3. The summed E-state index contributed by atoms with van der Waals surface area (Å²) in [5.41, 5.74) is 2.96. The van der Waals surface area contributed by atoms with Crippen molar-refractivity contribution in [2.75, 3.05) is 4.90 Å². The van der Waals surface area contributed by atoms with Crippen LogP contribution in [-0.4, -0.2) is 5.91 Å². The Kier molecular flexibility index (Phi) is 5.61. The van der Waals surface area contributed by atoms with Crippen LogP contribution in [0, 0.1) is 5.92 Å². The van der Waals surface area contributed by atoms with Crippen LogP contribution in [0.3, 0.4) is 0 Å². The first-order valence-corrected chi connectivity index (χ1v) is 8.45. The van der Waals surface area contributed by atoms with Gasteiger partial charge in [-0.25, -0.2) is 0 Å². The highest BCUT2D eigenvalue weighted by molar-refractivity contribution is 6.02. The fourth-order valence-corrected chi connectivity index (χ4v) is 2.84. The third kappa shape index (κ3) is 3.94. The number of carbonyl (C=O) groups is 1. The van der Waals surface area contributed by atoms with Crippen LogP contribution in [0.2, 0.25) is 0 Å². The van der Waals surface area contributed by atoms with E-state index in [-0.39, 0.29) is 17.2 Å². The molecule has 0 spiro atoms. The van der Waals surface area contributed by atoms with Crippen LogP contribution in [0.15, 0.2) is 67.3 Å². The molecule has 1 atom stereocenters. The Morgan fingerprint density at radius 3 is 2.25 bits per heavy atom. The van der Waals surface area contributed by atoms with E-state index in [1.165, 1.54) is 0 Å². The molecule has 0 saturated heterocycles. The molecular formula is C22H27NO. The first-order valence-electron chi connectivity index (χ1n) is 8.45. The molecule has 0 radical (unpaired) electrons. The van der Waals surface area contributed by atoms with Crippen LogP contribution in [0.5, 0.6) is 0 Å². The topological polar surface area (TPSA) is 20.3 Å². The molecule has 0 aliphatic rings. The van der Waals surface area contributed by atoms with E-state index in [0.717, 1.165) is 16.9 Å². The van der Waals surface area contributed by atoms with Gasteiger partial charge in [0.2, 0.25) is 5.91 Å². The fraction of sp³-hybridized carbons (Fsp3) is 0.318. The molecule has 2 nitrogen and oxygen atoms in total. The summed E-state index contributed by atoms with van der Waals surface area (Å²) in [6.07, 6.45) is 2.47. The van der Waals surface area contributed by atoms with Crippen molar-refractivity contribution in [3.8, 4) is 0 Å². The first kappa shape index (κ1) is 18.0. The van der Waals surface area contributed by atoms with E-state index < -0.39 is 0 Å². The fourth-order valence-electron chi connectivity index (χ4n) is 2.84. The maximum absolute atomic E-state index is 13.2. The van der Waals surface area contributed by atoms with Crippen molar-refractivity contribution in [3.63, 3.8) is 0 Å². The molecule has 0 aliphatic carbocycles. The van der Waals surface area contributed by atoms with Crippen LogP contribution < -0.4 is 4.90 Å². The van der Waals surface area contributed by atoms with Crippen LogP contribution in [0.4, 0.5) is 11.4 Å². The van der Waals surface area contributed by atoms with Crippen LogP contribution in [0.1, 0.15) is 39.7 Å². The molecule has 2 heteroatoms. The number of nitrogens with zero attached hydrogens (tertiary/aromatic N) is 1. The second kappa shape index (κ2) is 7.48. The van der Waals surface area contributed by atoms with E-state index in [1.807, 2.05) is 60.4 Å². The standard InChI is InChI=1S/C22H27NO/c1-6-12-17(2)21(24)23(18-13-8-7-9-14-18)20-16-11-10-15-19(20)22(3,4)5/h6-11,13-17H,1,12H2,2-5H3/t17-/m1/s1. The summed E-state index contributed by atoms with van der Waals surface area (Å²) in [7, 11) is 0. The van der Waals surface area contributed by atoms with Gasteiger partial charge in [0.15, 0.2) is 0 Å². The maximum atomic E-state index is 13.2. The Bertz CT molecular complexity index is 697. The number of benzene rings is 2. The van der Waals surface area contributed by atoms with Gasteiger partial charge in [-0.3, -0.25) is 9.69 Å². The highest BCUT2D eigenvalue weighted by Crippen LogP contribution is 2.36. The summed E-state index contributed by atoms with van der Waals surface area (Å²) in [6, 6.07) is 18.0. The number of carbonyl (C=O) groups excluding carboxylic acids is 1. The first-order chi connectivity index (χ1) is 11.4. The third-order valence-electron chi connectivity index (χ3n) is 4.13. The van der Waals surface area contributed by atoms with Crippen molar-refractivity contribution in [1.29, 1.82) is 0 Å². The zero-order chi connectivity index (χ0) is 17.7. The molecule has 24 heavy (non-hydrogen) atoms. The molecule has 0 saturated carbocycles. The average molecular weight is 321 g/mol. The Labute approximate surface area is 145 Å². The van der Waals surface area contributed by atoms with E-state index in [1.54, 1.807) is 6.08 Å². The largest absolute Gasteiger partial charge is 0.281 e. The number of anilines is 2. The molecule has 0 bridgehead atoms. The van der Waals surface area contributed by atoms with Crippen LogP contribution in [0.25, 0.3) is 0 Å². The quantitative estimate of drug-likeness (QED) is 0.631. The summed E-state index contributed by atoms with van der Waals surface area (Å²) < 4.78 is 0. The number of para-hydroxylation sites is 2. The lowest BCUT2D eigenvalue weighted by atomic mass is 9.85. The molecule has 1 amide bonds. The molecular weight excluding hydrogens is 294 g/mol. The van der Waals surface area contributed by atoms with Crippen molar-refractivity contribution in [3.05, 3.63) is 72.8 Å². The molecule has 0 N–H and O–H groups in total. The predicted octanol–water partition coefficient (Wildman–Crippen LogP) is 5.86. The SMILES string of the molecule is C=CC[C@@H](C)C(=O)N(c1ccccc1)c1ccccc1C(C)(C)C. The minimum Gasteiger partial charge on any atom is -0.281 e. The smallest absolute Gasteiger partial charge is 0.234 e. The Balaban J connectivity index is 2.60. The molecule has 2 rings (SSSR count). The number of rotatable bonds is 5. The Morgan fingerprint density at radius 1 is 1.08 bits per heavy atom. The molecule has 2 aromatic rings. The van der Waals surface area contributed by atoms with Gasteiger partial charge in [-0.1, -0.05) is 70.2 Å². The van der Waals surface area contributed by atoms with E-state index in [4.69, 9.17) is 0 Å². The molecule has 0 heterocycles. The monoisotopic (exact) mass is 321 g/mol. The minimum atomic E-state index is -0.115. The van der Waals surface area contributed by atoms with Crippen molar-refractivity contribution in [2.45, 2.75) is 39.5 Å². The van der Waals surface area contributed by atoms with Gasteiger partial charge in [0.05, 0.1) is 5.69 Å². The van der Waals surface area contributed by atoms with Crippen molar-refractivity contribution >= 4 is 17.3 Å². The van der Waals surface area contributed by atoms with Gasteiger partial charge in [0.25, 0.3) is 0 Å². The van der Waals surface area contributed by atoms with Gasteiger partial charge in [-0.05, 0) is 35.6 Å². The molecule has 0 aliphatic heterocycles. The zero-order valence-electron chi connectivity index (χ0n) is 15.1. The second-order valence-corrected chi connectivity index (χ2v) is 7.20. The van der Waals surface area contributed by atoms with Gasteiger partial charge in [0, 0.05) is 11.6 Å². The van der Waals surface area contributed by atoms with Gasteiger partial charge in [-0.15, -0.1) is 6.58 Å². The van der Waals surface area contributed by atoms with E-state index in [9.17, 15) is 4.79 Å². The summed E-state index contributed by atoms with van der Waals surface area (Å²) in [5.74, 6) is -0.0199. The van der Waals surface area contributed by atoms with Crippen LogP contribution >= 0.6 is 0 Å². The van der Waals surface area contributed by atoms with Crippen LogP contribution in [-0.2, 0) is 10.2 Å². The van der Waals surface area contributed by atoms with Gasteiger partial charge in [0.1, 0.15) is 0 Å². The molecule has 0 unspecified atom stereocenters. The normalized spacial score (nSPS) is 12.5. The number of amides is 1. The Hall–Kier alpha value is -2.35.